The first-order valence-electron chi connectivity index (χ1n) is 7.90. The summed E-state index contributed by atoms with van der Waals surface area (Å²) in [5.41, 5.74) is -0.0617. The maximum absolute atomic E-state index is 13.0. The van der Waals surface area contributed by atoms with Crippen LogP contribution in [-0.2, 0) is 12.7 Å². The van der Waals surface area contributed by atoms with Gasteiger partial charge in [0.1, 0.15) is 0 Å². The van der Waals surface area contributed by atoms with Gasteiger partial charge in [0.25, 0.3) is 0 Å². The summed E-state index contributed by atoms with van der Waals surface area (Å²) >= 11 is 10.8. The van der Waals surface area contributed by atoms with Gasteiger partial charge in [-0.25, -0.2) is 0 Å². The fourth-order valence-electron chi connectivity index (χ4n) is 2.47. The standard InChI is InChI=1S/C18H18ClF3N2O3S/c1-25-14-7-4-10(15(26-2)16(14)27-3)9-23-17(28)24-11-5-6-13(19)12(8-11)18(20,21)22/h4-8H,9H2,1-3H3,(H2,23,24,28). The molecule has 0 unspecified atom stereocenters. The van der Waals surface area contributed by atoms with E-state index in [1.165, 1.54) is 27.4 Å². The Morgan fingerprint density at radius 3 is 2.29 bits per heavy atom. The molecule has 0 aliphatic carbocycles. The summed E-state index contributed by atoms with van der Waals surface area (Å²) in [6.45, 7) is 0.245. The van der Waals surface area contributed by atoms with E-state index in [-0.39, 0.29) is 22.4 Å². The first-order chi connectivity index (χ1) is 13.2. The van der Waals surface area contributed by atoms with Gasteiger partial charge in [-0.15, -0.1) is 0 Å². The van der Waals surface area contributed by atoms with Gasteiger partial charge in [0.2, 0.25) is 5.75 Å². The van der Waals surface area contributed by atoms with Crippen LogP contribution in [0.2, 0.25) is 5.02 Å². The molecular weight excluding hydrogens is 417 g/mol. The number of methoxy groups -OCH3 is 3. The normalized spacial score (nSPS) is 11.0. The molecule has 152 valence electrons. The van der Waals surface area contributed by atoms with Crippen molar-refractivity contribution in [2.75, 3.05) is 26.6 Å². The lowest BCUT2D eigenvalue weighted by atomic mass is 10.1. The van der Waals surface area contributed by atoms with E-state index in [0.717, 1.165) is 17.7 Å². The molecular formula is C18H18ClF3N2O3S. The first kappa shape index (κ1) is 21.9. The maximum Gasteiger partial charge on any atom is 0.417 e. The predicted molar refractivity (Wildman–Crippen MR) is 106 cm³/mol. The van der Waals surface area contributed by atoms with Crippen LogP contribution in [0, 0.1) is 0 Å². The van der Waals surface area contributed by atoms with E-state index in [1.807, 2.05) is 0 Å². The monoisotopic (exact) mass is 434 g/mol. The summed E-state index contributed by atoms with van der Waals surface area (Å²) in [6.07, 6.45) is -4.56. The number of halogens is 4. The van der Waals surface area contributed by atoms with E-state index in [1.54, 1.807) is 12.1 Å². The Hall–Kier alpha value is -2.39. The van der Waals surface area contributed by atoms with Crippen LogP contribution in [0.25, 0.3) is 0 Å². The van der Waals surface area contributed by atoms with Crippen LogP contribution in [0.3, 0.4) is 0 Å². The number of hydrogen-bond donors (Lipinski definition) is 2. The molecule has 2 aromatic rings. The van der Waals surface area contributed by atoms with Crippen molar-refractivity contribution in [2.45, 2.75) is 12.7 Å². The Kier molecular flexibility index (Phi) is 7.20. The maximum atomic E-state index is 13.0. The van der Waals surface area contributed by atoms with Crippen molar-refractivity contribution in [1.82, 2.24) is 5.32 Å². The van der Waals surface area contributed by atoms with Gasteiger partial charge in [-0.1, -0.05) is 11.6 Å². The molecule has 0 atom stereocenters. The average Bonchev–Trinajstić information content (AvgIpc) is 2.65. The second-order valence-electron chi connectivity index (χ2n) is 5.49. The molecule has 0 aromatic heterocycles. The van der Waals surface area contributed by atoms with E-state index in [4.69, 9.17) is 38.0 Å². The summed E-state index contributed by atoms with van der Waals surface area (Å²) in [6, 6.07) is 6.94. The second-order valence-corrected chi connectivity index (χ2v) is 6.31. The Balaban J connectivity index is 2.11. The number of nitrogens with one attached hydrogen (secondary N) is 2. The van der Waals surface area contributed by atoms with Crippen LogP contribution >= 0.6 is 23.8 Å². The number of rotatable bonds is 6. The largest absolute Gasteiger partial charge is 0.493 e. The number of thiocarbonyl (C=S) groups is 1. The Morgan fingerprint density at radius 1 is 1.04 bits per heavy atom. The Labute approximate surface area is 170 Å². The SMILES string of the molecule is COc1ccc(CNC(=S)Nc2ccc(Cl)c(C(F)(F)F)c2)c(OC)c1OC. The molecule has 0 aliphatic heterocycles. The van der Waals surface area contributed by atoms with Crippen LogP contribution in [0.5, 0.6) is 17.2 Å². The fraction of sp³-hybridized carbons (Fsp3) is 0.278. The average molecular weight is 435 g/mol. The molecule has 0 radical (unpaired) electrons. The van der Waals surface area contributed by atoms with Gasteiger partial charge in [0.15, 0.2) is 16.6 Å². The molecule has 0 amide bonds. The minimum Gasteiger partial charge on any atom is -0.493 e. The molecule has 2 aromatic carbocycles. The third-order valence-corrected chi connectivity index (χ3v) is 4.33. The van der Waals surface area contributed by atoms with Crippen molar-refractivity contribution in [2.24, 2.45) is 0 Å². The van der Waals surface area contributed by atoms with Crippen LogP contribution in [-0.4, -0.2) is 26.4 Å². The third-order valence-electron chi connectivity index (χ3n) is 3.75. The van der Waals surface area contributed by atoms with Crippen LogP contribution in [0.1, 0.15) is 11.1 Å². The number of hydrogen-bond acceptors (Lipinski definition) is 4. The van der Waals surface area contributed by atoms with E-state index >= 15 is 0 Å². The summed E-state index contributed by atoms with van der Waals surface area (Å²) < 4.78 is 54.8. The summed E-state index contributed by atoms with van der Waals surface area (Å²) in [5.74, 6) is 1.39. The van der Waals surface area contributed by atoms with Crippen LogP contribution in [0.4, 0.5) is 18.9 Å². The minimum atomic E-state index is -4.56. The third kappa shape index (κ3) is 5.11. The number of alkyl halides is 3. The molecule has 0 saturated carbocycles. The van der Waals surface area contributed by atoms with Gasteiger partial charge in [-0.05, 0) is 42.5 Å². The van der Waals surface area contributed by atoms with E-state index < -0.39 is 11.7 Å². The Morgan fingerprint density at radius 2 is 1.71 bits per heavy atom. The lowest BCUT2D eigenvalue weighted by molar-refractivity contribution is -0.137. The van der Waals surface area contributed by atoms with Crippen molar-refractivity contribution >= 4 is 34.6 Å². The van der Waals surface area contributed by atoms with Gasteiger partial charge in [-0.3, -0.25) is 0 Å². The smallest absolute Gasteiger partial charge is 0.417 e. The molecule has 28 heavy (non-hydrogen) atoms. The number of benzene rings is 2. The predicted octanol–water partition coefficient (Wildman–Crippen LogP) is 4.87. The quantitative estimate of drug-likeness (QED) is 0.632. The molecule has 2 N–H and O–H groups in total. The summed E-state index contributed by atoms with van der Waals surface area (Å²) in [4.78, 5) is 0. The van der Waals surface area contributed by atoms with Crippen LogP contribution < -0.4 is 24.8 Å². The second kappa shape index (κ2) is 9.20. The molecule has 5 nitrogen and oxygen atoms in total. The number of ether oxygens (including phenoxy) is 3. The van der Waals surface area contributed by atoms with Crippen LogP contribution in [0.15, 0.2) is 30.3 Å². The molecule has 0 saturated heterocycles. The zero-order chi connectivity index (χ0) is 20.9. The highest BCUT2D eigenvalue weighted by Gasteiger charge is 2.33. The van der Waals surface area contributed by atoms with Gasteiger partial charge < -0.3 is 24.8 Å². The highest BCUT2D eigenvalue weighted by Crippen LogP contribution is 2.39. The Bertz CT molecular complexity index is 863. The van der Waals surface area contributed by atoms with E-state index in [2.05, 4.69) is 10.6 Å². The summed E-state index contributed by atoms with van der Waals surface area (Å²) in [7, 11) is 4.49. The lowest BCUT2D eigenvalue weighted by Crippen LogP contribution is -2.28. The summed E-state index contributed by atoms with van der Waals surface area (Å²) in [5, 5.41) is 5.37. The molecule has 0 spiro atoms. The molecule has 0 aliphatic rings. The van der Waals surface area contributed by atoms with E-state index in [0.29, 0.717) is 17.2 Å². The zero-order valence-corrected chi connectivity index (χ0v) is 16.8. The highest BCUT2D eigenvalue weighted by atomic mass is 35.5. The molecule has 2 rings (SSSR count). The lowest BCUT2D eigenvalue weighted by Gasteiger charge is -2.17. The minimum absolute atomic E-state index is 0.132. The molecule has 0 bridgehead atoms. The van der Waals surface area contributed by atoms with Crippen molar-refractivity contribution in [3.8, 4) is 17.2 Å². The first-order valence-corrected chi connectivity index (χ1v) is 8.69. The highest BCUT2D eigenvalue weighted by molar-refractivity contribution is 7.80. The van der Waals surface area contributed by atoms with Crippen molar-refractivity contribution < 1.29 is 27.4 Å². The van der Waals surface area contributed by atoms with Crippen molar-refractivity contribution in [3.63, 3.8) is 0 Å². The van der Waals surface area contributed by atoms with Gasteiger partial charge in [0.05, 0.1) is 31.9 Å². The molecule has 0 heterocycles. The van der Waals surface area contributed by atoms with E-state index in [9.17, 15) is 13.2 Å². The molecule has 10 heteroatoms. The fourth-order valence-corrected chi connectivity index (χ4v) is 2.89. The topological polar surface area (TPSA) is 51.8 Å². The van der Waals surface area contributed by atoms with Gasteiger partial charge in [0, 0.05) is 17.8 Å². The van der Waals surface area contributed by atoms with Crippen molar-refractivity contribution in [3.05, 3.63) is 46.5 Å². The van der Waals surface area contributed by atoms with Gasteiger partial charge in [-0.2, -0.15) is 13.2 Å². The zero-order valence-electron chi connectivity index (χ0n) is 15.2. The van der Waals surface area contributed by atoms with Crippen molar-refractivity contribution in [1.29, 1.82) is 0 Å². The van der Waals surface area contributed by atoms with Gasteiger partial charge >= 0.3 is 6.18 Å². The number of anilines is 1. The molecule has 0 fully saturated rings.